The van der Waals surface area contributed by atoms with E-state index in [1.807, 2.05) is 7.05 Å². The number of rotatable bonds is 7. The van der Waals surface area contributed by atoms with Crippen LogP contribution in [0.25, 0.3) is 0 Å². The molecule has 0 fully saturated rings. The maximum atomic E-state index is 13.3. The monoisotopic (exact) mass is 255 g/mol. The molecule has 0 heterocycles. The number of Topliss-reactive ketones (excluding diaryl/α,β-unsaturated/α-hetero) is 1. The summed E-state index contributed by atoms with van der Waals surface area (Å²) in [6.45, 7) is 1.62. The number of hydrogen-bond donors (Lipinski definition) is 0. The van der Waals surface area contributed by atoms with Crippen molar-refractivity contribution < 1.29 is 9.18 Å². The van der Waals surface area contributed by atoms with Crippen LogP contribution in [0, 0.1) is 5.82 Å². The van der Waals surface area contributed by atoms with Crippen LogP contribution in [0.1, 0.15) is 16.8 Å². The van der Waals surface area contributed by atoms with Gasteiger partial charge in [-0.05, 0) is 25.4 Å². The largest absolute Gasteiger partial charge is 0.305 e. The highest BCUT2D eigenvalue weighted by Gasteiger charge is 2.11. The second-order valence-corrected chi connectivity index (χ2v) is 4.93. The van der Waals surface area contributed by atoms with Gasteiger partial charge in [0.1, 0.15) is 5.82 Å². The fraction of sp³-hybridized carbons (Fsp3) is 0.462. The van der Waals surface area contributed by atoms with Crippen molar-refractivity contribution in [2.45, 2.75) is 6.42 Å². The smallest absolute Gasteiger partial charge is 0.167 e. The molecule has 0 atom stereocenters. The number of benzene rings is 1. The molecular weight excluding hydrogens is 237 g/mol. The maximum Gasteiger partial charge on any atom is 0.167 e. The Morgan fingerprint density at radius 1 is 1.35 bits per heavy atom. The van der Waals surface area contributed by atoms with E-state index in [0.717, 1.165) is 12.3 Å². The molecule has 0 radical (unpaired) electrons. The third-order valence-electron chi connectivity index (χ3n) is 2.57. The third-order valence-corrected chi connectivity index (χ3v) is 3.16. The number of halogens is 1. The van der Waals surface area contributed by atoms with Crippen molar-refractivity contribution in [2.24, 2.45) is 0 Å². The molecule has 94 valence electrons. The van der Waals surface area contributed by atoms with Crippen LogP contribution in [0.15, 0.2) is 24.3 Å². The van der Waals surface area contributed by atoms with Crippen molar-refractivity contribution in [3.8, 4) is 0 Å². The van der Waals surface area contributed by atoms with Gasteiger partial charge in [0.05, 0.1) is 5.56 Å². The lowest BCUT2D eigenvalue weighted by atomic mass is 10.1. The van der Waals surface area contributed by atoms with Crippen LogP contribution in [0.3, 0.4) is 0 Å². The Kier molecular flexibility index (Phi) is 6.22. The molecular formula is C13H18FNOS. The van der Waals surface area contributed by atoms with Gasteiger partial charge in [-0.2, -0.15) is 11.8 Å². The fourth-order valence-electron chi connectivity index (χ4n) is 1.47. The minimum absolute atomic E-state index is 0.126. The number of nitrogens with zero attached hydrogens (tertiary/aromatic N) is 1. The molecule has 0 saturated heterocycles. The van der Waals surface area contributed by atoms with Gasteiger partial charge in [-0.3, -0.25) is 4.79 Å². The third kappa shape index (κ3) is 4.88. The molecule has 2 nitrogen and oxygen atoms in total. The Balaban J connectivity index is 2.42. The summed E-state index contributed by atoms with van der Waals surface area (Å²) >= 11 is 1.78. The first-order valence-electron chi connectivity index (χ1n) is 5.60. The highest BCUT2D eigenvalue weighted by Crippen LogP contribution is 2.09. The molecule has 1 rings (SSSR count). The van der Waals surface area contributed by atoms with Gasteiger partial charge < -0.3 is 4.90 Å². The Labute approximate surface area is 106 Å². The average Bonchev–Trinajstić information content (AvgIpc) is 2.34. The van der Waals surface area contributed by atoms with Gasteiger partial charge in [-0.15, -0.1) is 0 Å². The quantitative estimate of drug-likeness (QED) is 0.699. The highest BCUT2D eigenvalue weighted by atomic mass is 32.2. The zero-order valence-electron chi connectivity index (χ0n) is 10.3. The highest BCUT2D eigenvalue weighted by molar-refractivity contribution is 7.98. The van der Waals surface area contributed by atoms with Crippen LogP contribution in [0.4, 0.5) is 4.39 Å². The summed E-state index contributed by atoms with van der Waals surface area (Å²) in [6.07, 6.45) is 2.42. The predicted octanol–water partition coefficient (Wildman–Crippen LogP) is 2.69. The number of thioether (sulfide) groups is 1. The Bertz CT molecular complexity index is 370. The van der Waals surface area contributed by atoms with Crippen molar-refractivity contribution in [3.63, 3.8) is 0 Å². The topological polar surface area (TPSA) is 20.3 Å². The number of hydrogen-bond acceptors (Lipinski definition) is 3. The van der Waals surface area contributed by atoms with Crippen LogP contribution < -0.4 is 0 Å². The molecule has 0 aliphatic rings. The number of carbonyl (C=O) groups excluding carboxylic acids is 1. The van der Waals surface area contributed by atoms with E-state index in [4.69, 9.17) is 0 Å². The Morgan fingerprint density at radius 2 is 2.06 bits per heavy atom. The van der Waals surface area contributed by atoms with Crippen LogP contribution in [-0.4, -0.2) is 42.8 Å². The van der Waals surface area contributed by atoms with Gasteiger partial charge >= 0.3 is 0 Å². The van der Waals surface area contributed by atoms with Crippen molar-refractivity contribution >= 4 is 17.5 Å². The average molecular weight is 255 g/mol. The summed E-state index contributed by atoms with van der Waals surface area (Å²) in [5, 5.41) is 0. The van der Waals surface area contributed by atoms with Crippen molar-refractivity contribution in [1.29, 1.82) is 0 Å². The van der Waals surface area contributed by atoms with Gasteiger partial charge in [0, 0.05) is 25.3 Å². The molecule has 0 amide bonds. The lowest BCUT2D eigenvalue weighted by Gasteiger charge is -2.15. The minimum atomic E-state index is -0.427. The van der Waals surface area contributed by atoms with Gasteiger partial charge in [0.25, 0.3) is 0 Å². The summed E-state index contributed by atoms with van der Waals surface area (Å²) in [7, 11) is 1.98. The lowest BCUT2D eigenvalue weighted by Crippen LogP contribution is -2.24. The zero-order valence-corrected chi connectivity index (χ0v) is 11.1. The van der Waals surface area contributed by atoms with Crippen LogP contribution in [0.2, 0.25) is 0 Å². The molecule has 4 heteroatoms. The minimum Gasteiger partial charge on any atom is -0.305 e. The summed E-state index contributed by atoms with van der Waals surface area (Å²) < 4.78 is 13.3. The summed E-state index contributed by atoms with van der Waals surface area (Å²) in [6, 6.07) is 6.15. The SMILES string of the molecule is CSCCN(C)CCC(=O)c1ccccc1F. The molecule has 0 saturated carbocycles. The second kappa shape index (κ2) is 7.45. The predicted molar refractivity (Wildman–Crippen MR) is 71.2 cm³/mol. The van der Waals surface area contributed by atoms with E-state index in [-0.39, 0.29) is 11.3 Å². The molecule has 0 N–H and O–H groups in total. The van der Waals surface area contributed by atoms with Crippen LogP contribution in [-0.2, 0) is 0 Å². The first-order chi connectivity index (χ1) is 8.15. The van der Waals surface area contributed by atoms with Crippen molar-refractivity contribution in [3.05, 3.63) is 35.6 Å². The molecule has 17 heavy (non-hydrogen) atoms. The molecule has 0 aliphatic carbocycles. The van der Waals surface area contributed by atoms with Gasteiger partial charge in [0.2, 0.25) is 0 Å². The van der Waals surface area contributed by atoms with Crippen molar-refractivity contribution in [2.75, 3.05) is 32.1 Å². The molecule has 0 unspecified atom stereocenters. The molecule has 0 bridgehead atoms. The Morgan fingerprint density at radius 3 is 2.71 bits per heavy atom. The standard InChI is InChI=1S/C13H18FNOS/c1-15(9-10-17-2)8-7-13(16)11-5-3-4-6-12(11)14/h3-6H,7-10H2,1-2H3. The maximum absolute atomic E-state index is 13.3. The van der Waals surface area contributed by atoms with E-state index in [9.17, 15) is 9.18 Å². The number of ketones is 1. The summed E-state index contributed by atoms with van der Waals surface area (Å²) in [5.74, 6) is 0.494. The van der Waals surface area contributed by atoms with E-state index in [2.05, 4.69) is 11.2 Å². The first-order valence-corrected chi connectivity index (χ1v) is 6.99. The normalized spacial score (nSPS) is 10.8. The molecule has 1 aromatic rings. The first kappa shape index (κ1) is 14.2. The zero-order chi connectivity index (χ0) is 12.7. The van der Waals surface area contributed by atoms with Crippen LogP contribution >= 0.6 is 11.8 Å². The molecule has 0 spiro atoms. The van der Waals surface area contributed by atoms with E-state index < -0.39 is 5.82 Å². The number of carbonyl (C=O) groups is 1. The van der Waals surface area contributed by atoms with E-state index in [0.29, 0.717) is 13.0 Å². The molecule has 1 aromatic carbocycles. The van der Waals surface area contributed by atoms with Crippen molar-refractivity contribution in [1.82, 2.24) is 4.90 Å². The Hall–Kier alpha value is -0.870. The summed E-state index contributed by atoms with van der Waals surface area (Å²) in [4.78, 5) is 13.9. The van der Waals surface area contributed by atoms with Gasteiger partial charge in [-0.25, -0.2) is 4.39 Å². The van der Waals surface area contributed by atoms with Crippen LogP contribution in [0.5, 0.6) is 0 Å². The summed E-state index contributed by atoms with van der Waals surface area (Å²) in [5.41, 5.74) is 0.200. The van der Waals surface area contributed by atoms with E-state index >= 15 is 0 Å². The lowest BCUT2D eigenvalue weighted by molar-refractivity contribution is 0.0966. The van der Waals surface area contributed by atoms with Gasteiger partial charge in [-0.1, -0.05) is 12.1 Å². The second-order valence-electron chi connectivity index (χ2n) is 3.95. The van der Waals surface area contributed by atoms with E-state index in [1.165, 1.54) is 6.07 Å². The van der Waals surface area contributed by atoms with Gasteiger partial charge in [0.15, 0.2) is 5.78 Å². The molecule has 0 aromatic heterocycles. The molecule has 0 aliphatic heterocycles. The fourth-order valence-corrected chi connectivity index (χ4v) is 1.97. The van der Waals surface area contributed by atoms with E-state index in [1.54, 1.807) is 30.0 Å².